The van der Waals surface area contributed by atoms with Gasteiger partial charge in [-0.3, -0.25) is 4.79 Å². The average molecular weight is 401 g/mol. The second kappa shape index (κ2) is 9.11. The molecule has 5 nitrogen and oxygen atoms in total. The fourth-order valence-corrected chi connectivity index (χ4v) is 2.05. The topological polar surface area (TPSA) is 66.6 Å². The molecule has 128 valence electrons. The Bertz CT molecular complexity index is 799. The number of halogens is 4. The maximum atomic E-state index is 12.6. The molecule has 0 aromatic heterocycles. The van der Waals surface area contributed by atoms with Crippen LogP contribution in [-0.2, 0) is 6.18 Å². The number of hydrogen-bond acceptors (Lipinski definition) is 3. The number of ketones is 1. The predicted molar refractivity (Wildman–Crippen MR) is 84.7 cm³/mol. The van der Waals surface area contributed by atoms with Crippen LogP contribution >= 0.6 is 11.6 Å². The van der Waals surface area contributed by atoms with Crippen molar-refractivity contribution in [2.24, 2.45) is 0 Å². The third kappa shape index (κ3) is 6.35. The quantitative estimate of drug-likeness (QED) is 0.470. The number of hydrogen-bond donors (Lipinski definition) is 1. The predicted octanol–water partition coefficient (Wildman–Crippen LogP) is 3.85. The summed E-state index contributed by atoms with van der Waals surface area (Å²) in [4.78, 5) is 21.6. The standard InChI is InChI=1S/C15H10ClF3NO4.K.H/c16-12-7-10(15(17,18)19)4-5-14(12)24-11-3-1-2-9(6-11)13(21)8-20(22)23;;/h1-7H,8H2,(H,22,23);;/q+1;;. The molecule has 0 unspecified atom stereocenters. The molecular formula is C15H11ClF3KNO4+. The van der Waals surface area contributed by atoms with Crippen molar-refractivity contribution in [2.45, 2.75) is 6.18 Å². The molecule has 0 radical (unpaired) electrons. The molecule has 0 heterocycles. The van der Waals surface area contributed by atoms with Crippen LogP contribution in [-0.4, -0.2) is 73.8 Å². The van der Waals surface area contributed by atoms with Crippen LogP contribution in [0.2, 0.25) is 5.02 Å². The Morgan fingerprint density at radius 2 is 1.88 bits per heavy atom. The zero-order valence-electron chi connectivity index (χ0n) is 11.9. The van der Waals surface area contributed by atoms with Crippen LogP contribution in [0.1, 0.15) is 15.9 Å². The van der Waals surface area contributed by atoms with E-state index in [9.17, 15) is 22.9 Å². The Morgan fingerprint density at radius 1 is 1.20 bits per heavy atom. The van der Waals surface area contributed by atoms with E-state index in [1.165, 1.54) is 24.3 Å². The minimum atomic E-state index is -4.52. The van der Waals surface area contributed by atoms with Gasteiger partial charge in [-0.15, -0.1) is 0 Å². The van der Waals surface area contributed by atoms with Gasteiger partial charge in [0.1, 0.15) is 11.5 Å². The molecule has 0 bridgehead atoms. The van der Waals surface area contributed by atoms with Crippen molar-refractivity contribution < 1.29 is 32.8 Å². The first-order valence-corrected chi connectivity index (χ1v) is 6.86. The van der Waals surface area contributed by atoms with Crippen LogP contribution in [0.5, 0.6) is 11.5 Å². The molecule has 2 rings (SSSR count). The first kappa shape index (κ1) is 22.1. The third-order valence-corrected chi connectivity index (χ3v) is 3.22. The molecule has 0 aliphatic rings. The molecule has 2 aromatic carbocycles. The van der Waals surface area contributed by atoms with E-state index in [4.69, 9.17) is 21.5 Å². The van der Waals surface area contributed by atoms with Gasteiger partial charge in [0, 0.05) is 5.56 Å². The molecule has 0 aliphatic heterocycles. The minimum absolute atomic E-state index is 0. The zero-order valence-corrected chi connectivity index (χ0v) is 12.6. The molecule has 0 saturated heterocycles. The first-order chi connectivity index (χ1) is 11.2. The van der Waals surface area contributed by atoms with E-state index in [0.717, 1.165) is 18.2 Å². The van der Waals surface area contributed by atoms with Crippen LogP contribution in [0.15, 0.2) is 42.5 Å². The third-order valence-electron chi connectivity index (χ3n) is 2.92. The normalized spacial score (nSPS) is 10.7. The number of alkyl halides is 3. The molecule has 0 fully saturated rings. The number of benzene rings is 2. The van der Waals surface area contributed by atoms with Crippen molar-refractivity contribution >= 4 is 68.8 Å². The summed E-state index contributed by atoms with van der Waals surface area (Å²) in [5.74, 6) is -0.545. The van der Waals surface area contributed by atoms with Gasteiger partial charge in [0.2, 0.25) is 10.7 Å². The summed E-state index contributed by atoms with van der Waals surface area (Å²) in [5, 5.41) is 8.29. The van der Waals surface area contributed by atoms with Gasteiger partial charge in [0.05, 0.1) is 15.5 Å². The van der Waals surface area contributed by atoms with Gasteiger partial charge in [-0.2, -0.15) is 13.2 Å². The molecule has 1 N–H and O–H groups in total. The Balaban J connectivity index is 0.00000312. The van der Waals surface area contributed by atoms with Gasteiger partial charge in [0.25, 0.3) is 0 Å². The first-order valence-electron chi connectivity index (χ1n) is 6.48. The number of nitrogens with zero attached hydrogens (tertiary/aromatic N) is 1. The van der Waals surface area contributed by atoms with Crippen LogP contribution in [0.3, 0.4) is 0 Å². The number of Topliss-reactive ketones (excluding diaryl/α,β-unsaturated/α-hetero) is 1. The van der Waals surface area contributed by atoms with Crippen molar-refractivity contribution in [1.29, 1.82) is 0 Å². The van der Waals surface area contributed by atoms with Crippen LogP contribution in [0.4, 0.5) is 13.2 Å². The van der Waals surface area contributed by atoms with Crippen LogP contribution in [0.25, 0.3) is 0 Å². The monoisotopic (exact) mass is 400 g/mol. The fraction of sp³-hybridized carbons (Fsp3) is 0.133. The van der Waals surface area contributed by atoms with Gasteiger partial charge in [-0.05, 0) is 30.3 Å². The van der Waals surface area contributed by atoms with E-state index in [1.807, 2.05) is 0 Å². The summed E-state index contributed by atoms with van der Waals surface area (Å²) >= 11 is 5.78. The molecule has 0 amide bonds. The summed E-state index contributed by atoms with van der Waals surface area (Å²) in [7, 11) is 0. The Hall–Kier alpha value is -0.974. The molecular weight excluding hydrogens is 390 g/mol. The van der Waals surface area contributed by atoms with Crippen molar-refractivity contribution in [1.82, 2.24) is 0 Å². The number of carbonyl (C=O) groups excluding carboxylic acids is 1. The van der Waals surface area contributed by atoms with Gasteiger partial charge in [-0.25, -0.2) is 5.21 Å². The Labute approximate surface area is 187 Å². The second-order valence-electron chi connectivity index (χ2n) is 4.71. The van der Waals surface area contributed by atoms with Gasteiger partial charge >= 0.3 is 64.1 Å². The van der Waals surface area contributed by atoms with E-state index in [0.29, 0.717) is 0 Å². The van der Waals surface area contributed by atoms with Crippen molar-refractivity contribution in [3.05, 3.63) is 63.5 Å². The van der Waals surface area contributed by atoms with E-state index in [2.05, 4.69) is 0 Å². The maximum absolute atomic E-state index is 12.6. The SMILES string of the molecule is O=C(C[N+](=O)O)c1cccc(Oc2ccc(C(F)(F)F)cc2Cl)c1.[KH]. The summed E-state index contributed by atoms with van der Waals surface area (Å²) in [6.45, 7) is -0.759. The molecule has 2 aromatic rings. The fourth-order valence-electron chi connectivity index (χ4n) is 1.83. The number of ether oxygens (including phenoxy) is 1. The zero-order chi connectivity index (χ0) is 17.9. The van der Waals surface area contributed by atoms with Crippen LogP contribution in [0, 0.1) is 4.91 Å². The number of rotatable bonds is 5. The molecule has 0 aliphatic carbocycles. The summed E-state index contributed by atoms with van der Waals surface area (Å²) in [6, 6.07) is 8.19. The van der Waals surface area contributed by atoms with Gasteiger partial charge in [-0.1, -0.05) is 23.7 Å². The average Bonchev–Trinajstić information content (AvgIpc) is 2.48. The molecule has 0 saturated carbocycles. The van der Waals surface area contributed by atoms with Crippen LogP contribution < -0.4 is 4.74 Å². The summed E-state index contributed by atoms with van der Waals surface area (Å²) in [5.41, 5.74) is -0.826. The molecule has 0 spiro atoms. The van der Waals surface area contributed by atoms with Crippen molar-refractivity contribution in [3.8, 4) is 11.5 Å². The van der Waals surface area contributed by atoms with E-state index < -0.39 is 29.0 Å². The molecule has 25 heavy (non-hydrogen) atoms. The Kier molecular flexibility index (Phi) is 8.04. The summed E-state index contributed by atoms with van der Waals surface area (Å²) in [6.07, 6.45) is -4.52. The number of carbonyl (C=O) groups is 1. The molecule has 0 atom stereocenters. The summed E-state index contributed by atoms with van der Waals surface area (Å²) < 4.78 is 43.1. The van der Waals surface area contributed by atoms with Gasteiger partial charge in [0.15, 0.2) is 0 Å². The van der Waals surface area contributed by atoms with Crippen molar-refractivity contribution in [3.63, 3.8) is 0 Å². The Morgan fingerprint density at radius 3 is 2.44 bits per heavy atom. The second-order valence-corrected chi connectivity index (χ2v) is 5.11. The van der Waals surface area contributed by atoms with E-state index in [1.54, 1.807) is 0 Å². The van der Waals surface area contributed by atoms with Gasteiger partial charge < -0.3 is 4.74 Å². The van der Waals surface area contributed by atoms with E-state index in [-0.39, 0.29) is 73.5 Å². The van der Waals surface area contributed by atoms with Crippen molar-refractivity contribution in [2.75, 3.05) is 6.54 Å². The van der Waals surface area contributed by atoms with E-state index >= 15 is 0 Å². The molecule has 10 heteroatoms.